The molecule has 17 heavy (non-hydrogen) atoms. The standard InChI is InChI=1S/C14H21F2N/c1-9-6-12(16)10(7-11(9)15)13(17-5)8-14(2,3)4/h6-7,13,17H,8H2,1-5H3. The normalized spacial score (nSPS) is 13.8. The monoisotopic (exact) mass is 241 g/mol. The van der Waals surface area contributed by atoms with Crippen LogP contribution in [-0.4, -0.2) is 7.05 Å². The highest BCUT2D eigenvalue weighted by Gasteiger charge is 2.22. The van der Waals surface area contributed by atoms with Crippen molar-refractivity contribution in [3.63, 3.8) is 0 Å². The van der Waals surface area contributed by atoms with E-state index in [2.05, 4.69) is 26.1 Å². The maximum atomic E-state index is 13.8. The highest BCUT2D eigenvalue weighted by molar-refractivity contribution is 5.27. The van der Waals surface area contributed by atoms with E-state index in [0.29, 0.717) is 11.1 Å². The van der Waals surface area contributed by atoms with Crippen LogP contribution in [0.1, 0.15) is 44.4 Å². The molecule has 1 aromatic rings. The summed E-state index contributed by atoms with van der Waals surface area (Å²) < 4.78 is 27.3. The zero-order chi connectivity index (χ0) is 13.2. The van der Waals surface area contributed by atoms with Gasteiger partial charge in [0, 0.05) is 11.6 Å². The second-order valence-corrected chi connectivity index (χ2v) is 5.73. The highest BCUT2D eigenvalue weighted by Crippen LogP contribution is 2.31. The second-order valence-electron chi connectivity index (χ2n) is 5.73. The van der Waals surface area contributed by atoms with Gasteiger partial charge in [-0.1, -0.05) is 20.8 Å². The van der Waals surface area contributed by atoms with Gasteiger partial charge in [0.05, 0.1) is 0 Å². The van der Waals surface area contributed by atoms with Gasteiger partial charge in [-0.25, -0.2) is 8.78 Å². The van der Waals surface area contributed by atoms with E-state index in [4.69, 9.17) is 0 Å². The fraction of sp³-hybridized carbons (Fsp3) is 0.571. The first kappa shape index (κ1) is 14.1. The number of nitrogens with one attached hydrogen (secondary N) is 1. The Kier molecular flexibility index (Phi) is 4.26. The van der Waals surface area contributed by atoms with Crippen LogP contribution in [0.4, 0.5) is 8.78 Å². The van der Waals surface area contributed by atoms with Crippen LogP contribution in [-0.2, 0) is 0 Å². The van der Waals surface area contributed by atoms with Crippen LogP contribution in [0.3, 0.4) is 0 Å². The van der Waals surface area contributed by atoms with E-state index in [1.165, 1.54) is 12.1 Å². The largest absolute Gasteiger partial charge is 0.313 e. The summed E-state index contributed by atoms with van der Waals surface area (Å²) in [7, 11) is 1.77. The third-order valence-electron chi connectivity index (χ3n) is 2.82. The number of halogens is 2. The van der Waals surface area contributed by atoms with Gasteiger partial charge < -0.3 is 5.32 Å². The predicted octanol–water partition coefficient (Wildman–Crippen LogP) is 3.97. The molecule has 0 radical (unpaired) electrons. The van der Waals surface area contributed by atoms with Crippen LogP contribution >= 0.6 is 0 Å². The molecule has 0 fully saturated rings. The minimum Gasteiger partial charge on any atom is -0.313 e. The van der Waals surface area contributed by atoms with E-state index in [1.54, 1.807) is 14.0 Å². The van der Waals surface area contributed by atoms with Gasteiger partial charge in [0.1, 0.15) is 11.6 Å². The molecule has 0 saturated carbocycles. The van der Waals surface area contributed by atoms with E-state index >= 15 is 0 Å². The maximum absolute atomic E-state index is 13.8. The quantitative estimate of drug-likeness (QED) is 0.844. The summed E-state index contributed by atoms with van der Waals surface area (Å²) in [4.78, 5) is 0. The summed E-state index contributed by atoms with van der Waals surface area (Å²) in [6.07, 6.45) is 0.753. The van der Waals surface area contributed by atoms with Gasteiger partial charge in [-0.15, -0.1) is 0 Å². The Hall–Kier alpha value is -0.960. The fourth-order valence-corrected chi connectivity index (χ4v) is 1.91. The number of rotatable bonds is 3. The van der Waals surface area contributed by atoms with Crippen LogP contribution in [0.15, 0.2) is 12.1 Å². The molecule has 96 valence electrons. The fourth-order valence-electron chi connectivity index (χ4n) is 1.91. The predicted molar refractivity (Wildman–Crippen MR) is 67.0 cm³/mol. The molecule has 1 atom stereocenters. The molecule has 0 bridgehead atoms. The van der Waals surface area contributed by atoms with Crippen molar-refractivity contribution in [3.8, 4) is 0 Å². The molecule has 1 unspecified atom stereocenters. The molecular weight excluding hydrogens is 220 g/mol. The molecule has 0 spiro atoms. The molecule has 0 aromatic heterocycles. The van der Waals surface area contributed by atoms with Crippen molar-refractivity contribution in [3.05, 3.63) is 34.9 Å². The number of aryl methyl sites for hydroxylation is 1. The van der Waals surface area contributed by atoms with Gasteiger partial charge >= 0.3 is 0 Å². The molecule has 1 N–H and O–H groups in total. The Labute approximate surface area is 102 Å². The van der Waals surface area contributed by atoms with Crippen molar-refractivity contribution >= 4 is 0 Å². The van der Waals surface area contributed by atoms with Crippen molar-refractivity contribution in [1.29, 1.82) is 0 Å². The van der Waals surface area contributed by atoms with E-state index < -0.39 is 0 Å². The molecule has 0 saturated heterocycles. The van der Waals surface area contributed by atoms with Gasteiger partial charge in [0.15, 0.2) is 0 Å². The molecule has 1 nitrogen and oxygen atoms in total. The van der Waals surface area contributed by atoms with E-state index in [1.807, 2.05) is 0 Å². The minimum atomic E-state index is -0.351. The number of benzene rings is 1. The Bertz CT molecular complexity index is 394. The van der Waals surface area contributed by atoms with Crippen molar-refractivity contribution in [2.75, 3.05) is 7.05 Å². The Balaban J connectivity index is 3.08. The van der Waals surface area contributed by atoms with Gasteiger partial charge in [0.25, 0.3) is 0 Å². The molecule has 3 heteroatoms. The molecule has 1 aromatic carbocycles. The molecule has 1 rings (SSSR count). The third-order valence-corrected chi connectivity index (χ3v) is 2.82. The lowest BCUT2D eigenvalue weighted by Crippen LogP contribution is -2.23. The summed E-state index contributed by atoms with van der Waals surface area (Å²) in [5.74, 6) is -0.692. The van der Waals surface area contributed by atoms with Crippen LogP contribution in [0.2, 0.25) is 0 Å². The van der Waals surface area contributed by atoms with Gasteiger partial charge in [-0.2, -0.15) is 0 Å². The van der Waals surface area contributed by atoms with Gasteiger partial charge in [-0.3, -0.25) is 0 Å². The lowest BCUT2D eigenvalue weighted by molar-refractivity contribution is 0.315. The summed E-state index contributed by atoms with van der Waals surface area (Å²) in [6.45, 7) is 7.82. The second kappa shape index (κ2) is 5.13. The first-order valence-corrected chi connectivity index (χ1v) is 5.87. The lowest BCUT2D eigenvalue weighted by Gasteiger charge is -2.26. The summed E-state index contributed by atoms with van der Waals surface area (Å²) in [6, 6.07) is 2.40. The van der Waals surface area contributed by atoms with Crippen molar-refractivity contribution in [1.82, 2.24) is 5.32 Å². The van der Waals surface area contributed by atoms with Crippen LogP contribution < -0.4 is 5.32 Å². The smallest absolute Gasteiger partial charge is 0.128 e. The summed E-state index contributed by atoms with van der Waals surface area (Å²) in [5, 5.41) is 3.06. The zero-order valence-corrected chi connectivity index (χ0v) is 11.2. The molecular formula is C14H21F2N. The molecule has 0 amide bonds. The average Bonchev–Trinajstić information content (AvgIpc) is 2.19. The Morgan fingerprint density at radius 3 is 2.24 bits per heavy atom. The minimum absolute atomic E-state index is 0.0570. The van der Waals surface area contributed by atoms with Crippen LogP contribution in [0, 0.1) is 24.0 Å². The number of hydrogen-bond donors (Lipinski definition) is 1. The third kappa shape index (κ3) is 3.77. The highest BCUT2D eigenvalue weighted by atomic mass is 19.1. The van der Waals surface area contributed by atoms with Crippen molar-refractivity contribution in [2.24, 2.45) is 5.41 Å². The van der Waals surface area contributed by atoms with E-state index in [-0.39, 0.29) is 23.1 Å². The molecule has 0 aliphatic rings. The topological polar surface area (TPSA) is 12.0 Å². The first-order valence-electron chi connectivity index (χ1n) is 5.87. The molecule has 0 heterocycles. The SMILES string of the molecule is CNC(CC(C)(C)C)c1cc(F)c(C)cc1F. The lowest BCUT2D eigenvalue weighted by atomic mass is 9.85. The molecule has 0 aliphatic carbocycles. The van der Waals surface area contributed by atoms with Crippen LogP contribution in [0.25, 0.3) is 0 Å². The Morgan fingerprint density at radius 1 is 1.18 bits per heavy atom. The molecule has 0 aliphatic heterocycles. The van der Waals surface area contributed by atoms with E-state index in [9.17, 15) is 8.78 Å². The zero-order valence-electron chi connectivity index (χ0n) is 11.2. The first-order chi connectivity index (χ1) is 7.74. The number of hydrogen-bond acceptors (Lipinski definition) is 1. The summed E-state index contributed by atoms with van der Waals surface area (Å²) >= 11 is 0. The Morgan fingerprint density at radius 2 is 1.76 bits per heavy atom. The van der Waals surface area contributed by atoms with Crippen molar-refractivity contribution < 1.29 is 8.78 Å². The van der Waals surface area contributed by atoms with Crippen molar-refractivity contribution in [2.45, 2.75) is 40.2 Å². The van der Waals surface area contributed by atoms with E-state index in [0.717, 1.165) is 6.42 Å². The average molecular weight is 241 g/mol. The maximum Gasteiger partial charge on any atom is 0.128 e. The van der Waals surface area contributed by atoms with Gasteiger partial charge in [-0.05, 0) is 43.5 Å². The summed E-state index contributed by atoms with van der Waals surface area (Å²) in [5.41, 5.74) is 0.809. The van der Waals surface area contributed by atoms with Crippen LogP contribution in [0.5, 0.6) is 0 Å². The van der Waals surface area contributed by atoms with Gasteiger partial charge in [0.2, 0.25) is 0 Å².